The number of ether oxygens (including phenoxy) is 1. The summed E-state index contributed by atoms with van der Waals surface area (Å²) in [6, 6.07) is 5.66. The van der Waals surface area contributed by atoms with Gasteiger partial charge in [0.05, 0.1) is 30.8 Å². The van der Waals surface area contributed by atoms with Crippen molar-refractivity contribution in [1.82, 2.24) is 4.90 Å². The van der Waals surface area contributed by atoms with E-state index in [4.69, 9.17) is 0 Å². The normalized spacial score (nSPS) is 18.5. The zero-order valence-corrected chi connectivity index (χ0v) is 19.0. The topological polar surface area (TPSA) is 91.3 Å². The van der Waals surface area contributed by atoms with E-state index in [1.807, 2.05) is 26.2 Å². The highest BCUT2D eigenvalue weighted by Crippen LogP contribution is 2.39. The summed E-state index contributed by atoms with van der Waals surface area (Å²) < 4.78 is 4.61. The molecule has 1 aromatic rings. The van der Waals surface area contributed by atoms with Crippen molar-refractivity contribution >= 4 is 58.0 Å². The molecule has 1 aliphatic heterocycles. The van der Waals surface area contributed by atoms with Crippen LogP contribution < -0.4 is 10.2 Å². The fourth-order valence-corrected chi connectivity index (χ4v) is 5.50. The number of aliphatic imine (C=N–C) groups is 1. The summed E-state index contributed by atoms with van der Waals surface area (Å²) in [6.07, 6.45) is 4.09. The molecular formula is C20H26N4O4S2. The molecule has 0 radical (unpaired) electrons. The maximum Gasteiger partial charge on any atom is 0.435 e. The van der Waals surface area contributed by atoms with Crippen LogP contribution in [0, 0.1) is 0 Å². The predicted octanol–water partition coefficient (Wildman–Crippen LogP) is 3.42. The third-order valence-electron chi connectivity index (χ3n) is 4.67. The van der Waals surface area contributed by atoms with Gasteiger partial charge in [-0.15, -0.1) is 11.8 Å². The van der Waals surface area contributed by atoms with Crippen LogP contribution in [0.15, 0.2) is 28.1 Å². The number of amides is 3. The first-order valence-corrected chi connectivity index (χ1v) is 11.6. The first-order chi connectivity index (χ1) is 14.4. The molecule has 10 heteroatoms. The Morgan fingerprint density at radius 2 is 2.07 bits per heavy atom. The molecule has 3 rings (SSSR count). The molecule has 1 saturated carbocycles. The smallest absolute Gasteiger partial charge is 0.435 e. The summed E-state index contributed by atoms with van der Waals surface area (Å²) in [6.45, 7) is 0.214. The molecule has 30 heavy (non-hydrogen) atoms. The number of thioether (sulfide) groups is 2. The summed E-state index contributed by atoms with van der Waals surface area (Å²) in [7, 11) is 4.86. The van der Waals surface area contributed by atoms with Crippen molar-refractivity contribution in [1.29, 1.82) is 0 Å². The largest absolute Gasteiger partial charge is 0.451 e. The second-order valence-electron chi connectivity index (χ2n) is 7.37. The number of hydrogen-bond donors (Lipinski definition) is 1. The van der Waals surface area contributed by atoms with Crippen LogP contribution in [0.5, 0.6) is 0 Å². The molecule has 3 amide bonds. The van der Waals surface area contributed by atoms with Crippen molar-refractivity contribution in [3.63, 3.8) is 0 Å². The monoisotopic (exact) mass is 450 g/mol. The van der Waals surface area contributed by atoms with E-state index in [9.17, 15) is 14.4 Å². The van der Waals surface area contributed by atoms with Gasteiger partial charge >= 0.3 is 6.09 Å². The van der Waals surface area contributed by atoms with Crippen molar-refractivity contribution in [2.24, 2.45) is 4.99 Å². The van der Waals surface area contributed by atoms with Crippen LogP contribution in [0.3, 0.4) is 0 Å². The first-order valence-electron chi connectivity index (χ1n) is 9.75. The van der Waals surface area contributed by atoms with Gasteiger partial charge in [-0.3, -0.25) is 14.5 Å². The number of carbonyl (C=O) groups excluding carboxylic acids is 3. The molecule has 1 saturated heterocycles. The zero-order valence-electron chi connectivity index (χ0n) is 17.3. The maximum atomic E-state index is 12.6. The fourth-order valence-electron chi connectivity index (χ4n) is 3.36. The van der Waals surface area contributed by atoms with Crippen molar-refractivity contribution < 1.29 is 19.1 Å². The highest BCUT2D eigenvalue weighted by molar-refractivity contribution is 8.15. The average molecular weight is 451 g/mol. The number of methoxy groups -OCH3 is 1. The molecule has 0 spiro atoms. The van der Waals surface area contributed by atoms with Gasteiger partial charge in [0.15, 0.2) is 5.17 Å². The maximum absolute atomic E-state index is 12.6. The Kier molecular flexibility index (Phi) is 7.79. The second-order valence-corrected chi connectivity index (χ2v) is 9.69. The van der Waals surface area contributed by atoms with Crippen LogP contribution in [0.2, 0.25) is 0 Å². The molecule has 0 bridgehead atoms. The molecule has 0 aromatic heterocycles. The molecule has 162 valence electrons. The summed E-state index contributed by atoms with van der Waals surface area (Å²) in [5.74, 6) is -0.226. The van der Waals surface area contributed by atoms with E-state index < -0.39 is 6.09 Å². The Labute approximate surface area is 184 Å². The molecule has 1 aliphatic carbocycles. The number of likely N-dealkylation sites (N-methyl/N-ethyl adjacent to an activating group) is 1. The van der Waals surface area contributed by atoms with Crippen molar-refractivity contribution in [2.75, 3.05) is 43.7 Å². The van der Waals surface area contributed by atoms with E-state index in [1.54, 1.807) is 22.7 Å². The van der Waals surface area contributed by atoms with Crippen molar-refractivity contribution in [2.45, 2.75) is 35.8 Å². The Morgan fingerprint density at radius 1 is 1.33 bits per heavy atom. The number of rotatable bonds is 6. The fraction of sp³-hybridized carbons (Fsp3) is 0.500. The number of carbonyl (C=O) groups is 3. The zero-order chi connectivity index (χ0) is 21.7. The standard InChI is InChI=1S/C20H26N4O4S2/c1-23(2)11-17(25)21-15-10-14(30-13-6-4-5-7-13)8-9-16(15)24-18(26)12-29-19(24)22-20(27)28-3/h8-10,13H,4-7,11-12H2,1-3H3,(H,21,25)/b22-19-. The van der Waals surface area contributed by atoms with E-state index in [0.29, 0.717) is 16.6 Å². The predicted molar refractivity (Wildman–Crippen MR) is 122 cm³/mol. The number of anilines is 2. The lowest BCUT2D eigenvalue weighted by Gasteiger charge is -2.22. The van der Waals surface area contributed by atoms with Gasteiger partial charge in [0.2, 0.25) is 11.8 Å². The van der Waals surface area contributed by atoms with Crippen LogP contribution in [0.4, 0.5) is 16.2 Å². The second kappa shape index (κ2) is 10.3. The van der Waals surface area contributed by atoms with Gasteiger partial charge < -0.3 is 15.0 Å². The molecule has 1 N–H and O–H groups in total. The highest BCUT2D eigenvalue weighted by Gasteiger charge is 2.33. The van der Waals surface area contributed by atoms with E-state index >= 15 is 0 Å². The summed E-state index contributed by atoms with van der Waals surface area (Å²) in [5.41, 5.74) is 1.02. The minimum absolute atomic E-state index is 0.166. The van der Waals surface area contributed by atoms with Gasteiger partial charge in [-0.1, -0.05) is 24.6 Å². The van der Waals surface area contributed by atoms with Crippen molar-refractivity contribution in [3.05, 3.63) is 18.2 Å². The van der Waals surface area contributed by atoms with Gasteiger partial charge in [0, 0.05) is 10.1 Å². The number of nitrogens with one attached hydrogen (secondary N) is 1. The molecule has 0 atom stereocenters. The molecule has 2 fully saturated rings. The lowest BCUT2D eigenvalue weighted by molar-refractivity contribution is -0.117. The molecule has 1 heterocycles. The number of benzene rings is 1. The molecule has 0 unspecified atom stereocenters. The van der Waals surface area contributed by atoms with E-state index in [2.05, 4.69) is 15.0 Å². The minimum atomic E-state index is -0.774. The van der Waals surface area contributed by atoms with E-state index in [0.717, 1.165) is 4.90 Å². The average Bonchev–Trinajstić information content (AvgIpc) is 3.31. The van der Waals surface area contributed by atoms with Gasteiger partial charge in [-0.05, 0) is 45.1 Å². The van der Waals surface area contributed by atoms with Gasteiger partial charge in [0.1, 0.15) is 0 Å². The molecular weight excluding hydrogens is 424 g/mol. The Hall–Kier alpha value is -2.04. The van der Waals surface area contributed by atoms with Gasteiger partial charge in [0.25, 0.3) is 0 Å². The Balaban J connectivity index is 1.94. The van der Waals surface area contributed by atoms with Crippen LogP contribution in [-0.2, 0) is 14.3 Å². The Bertz CT molecular complexity index is 853. The SMILES string of the molecule is COC(=O)/N=C1\SCC(=O)N1c1ccc(SC2CCCC2)cc1NC(=O)CN(C)C. The Morgan fingerprint density at radius 3 is 2.73 bits per heavy atom. The third-order valence-corrected chi connectivity index (χ3v) is 6.93. The summed E-state index contributed by atoms with van der Waals surface area (Å²) >= 11 is 2.96. The number of amidine groups is 1. The van der Waals surface area contributed by atoms with E-state index in [-0.39, 0.29) is 29.3 Å². The lowest BCUT2D eigenvalue weighted by atomic mass is 10.2. The van der Waals surface area contributed by atoms with Crippen LogP contribution in [-0.4, -0.2) is 66.7 Å². The molecule has 8 nitrogen and oxygen atoms in total. The van der Waals surface area contributed by atoms with Crippen LogP contribution >= 0.6 is 23.5 Å². The van der Waals surface area contributed by atoms with Gasteiger partial charge in [-0.2, -0.15) is 4.99 Å². The summed E-state index contributed by atoms with van der Waals surface area (Å²) in [4.78, 5) is 44.7. The van der Waals surface area contributed by atoms with Gasteiger partial charge in [-0.25, -0.2) is 4.79 Å². The first kappa shape index (κ1) is 22.6. The number of hydrogen-bond acceptors (Lipinski definition) is 7. The third kappa shape index (κ3) is 5.77. The lowest BCUT2D eigenvalue weighted by Crippen LogP contribution is -2.32. The molecule has 2 aliphatic rings. The summed E-state index contributed by atoms with van der Waals surface area (Å²) in [5, 5.41) is 3.74. The quantitative estimate of drug-likeness (QED) is 0.710. The molecule has 1 aromatic carbocycles. The van der Waals surface area contributed by atoms with E-state index in [1.165, 1.54) is 49.5 Å². The minimum Gasteiger partial charge on any atom is -0.451 e. The number of nitrogens with zero attached hydrogens (tertiary/aromatic N) is 3. The van der Waals surface area contributed by atoms with Crippen molar-refractivity contribution in [3.8, 4) is 0 Å². The van der Waals surface area contributed by atoms with Crippen LogP contribution in [0.25, 0.3) is 0 Å². The highest BCUT2D eigenvalue weighted by atomic mass is 32.2. The van der Waals surface area contributed by atoms with Crippen LogP contribution in [0.1, 0.15) is 25.7 Å².